The molecule has 1 aromatic heterocycles. The molecule has 2 rings (SSSR count). The molecule has 0 bridgehead atoms. The van der Waals surface area contributed by atoms with Gasteiger partial charge >= 0.3 is 6.03 Å². The average Bonchev–Trinajstić information content (AvgIpc) is 2.87. The van der Waals surface area contributed by atoms with Crippen LogP contribution in [0.3, 0.4) is 0 Å². The van der Waals surface area contributed by atoms with Crippen molar-refractivity contribution in [2.45, 2.75) is 45.2 Å². The van der Waals surface area contributed by atoms with Crippen LogP contribution < -0.4 is 10.6 Å². The highest BCUT2D eigenvalue weighted by Gasteiger charge is 2.16. The van der Waals surface area contributed by atoms with Crippen molar-refractivity contribution in [1.82, 2.24) is 10.6 Å². The number of carbonyl (C=O) groups excluding carboxylic acids is 1. The van der Waals surface area contributed by atoms with Gasteiger partial charge < -0.3 is 10.6 Å². The molecule has 0 spiro atoms. The van der Waals surface area contributed by atoms with E-state index in [9.17, 15) is 4.79 Å². The van der Waals surface area contributed by atoms with E-state index >= 15 is 0 Å². The number of thiophene rings is 1. The number of hydrogen-bond acceptors (Lipinski definition) is 2. The Morgan fingerprint density at radius 3 is 2.88 bits per heavy atom. The fourth-order valence-electron chi connectivity index (χ4n) is 2.05. The maximum Gasteiger partial charge on any atom is 0.315 e. The number of carbonyl (C=O) groups is 1. The Labute approximate surface area is 100 Å². The van der Waals surface area contributed by atoms with Crippen LogP contribution in [0, 0.1) is 6.92 Å². The number of aryl methyl sites for hydroxylation is 1. The molecular weight excluding hydrogens is 220 g/mol. The van der Waals surface area contributed by atoms with Crippen LogP contribution in [0.4, 0.5) is 4.79 Å². The molecule has 2 N–H and O–H groups in total. The molecule has 1 aliphatic carbocycles. The Morgan fingerprint density at radius 2 is 2.25 bits per heavy atom. The molecule has 1 heterocycles. The second-order valence-electron chi connectivity index (χ2n) is 4.34. The molecule has 0 aromatic carbocycles. The highest BCUT2D eigenvalue weighted by molar-refractivity contribution is 7.10. The summed E-state index contributed by atoms with van der Waals surface area (Å²) in [5.74, 6) is 0. The first-order valence-electron chi connectivity index (χ1n) is 5.83. The predicted octanol–water partition coefficient (Wildman–Crippen LogP) is 2.80. The Kier molecular flexibility index (Phi) is 3.83. The van der Waals surface area contributed by atoms with Crippen LogP contribution in [-0.2, 0) is 6.54 Å². The van der Waals surface area contributed by atoms with Crippen LogP contribution in [0.15, 0.2) is 11.4 Å². The van der Waals surface area contributed by atoms with Crippen LogP contribution in [0.25, 0.3) is 0 Å². The lowest BCUT2D eigenvalue weighted by Gasteiger charge is -2.12. The third-order valence-corrected chi connectivity index (χ3v) is 4.09. The minimum atomic E-state index is -0.0281. The van der Waals surface area contributed by atoms with Crippen molar-refractivity contribution in [2.24, 2.45) is 0 Å². The molecule has 88 valence electrons. The molecule has 16 heavy (non-hydrogen) atoms. The minimum absolute atomic E-state index is 0.0281. The zero-order chi connectivity index (χ0) is 11.4. The Balaban J connectivity index is 1.73. The van der Waals surface area contributed by atoms with Gasteiger partial charge in [-0.25, -0.2) is 4.79 Å². The van der Waals surface area contributed by atoms with Crippen LogP contribution in [0.5, 0.6) is 0 Å². The topological polar surface area (TPSA) is 41.1 Å². The van der Waals surface area contributed by atoms with Crippen molar-refractivity contribution in [3.05, 3.63) is 21.9 Å². The minimum Gasteiger partial charge on any atom is -0.335 e. The molecule has 4 heteroatoms. The summed E-state index contributed by atoms with van der Waals surface area (Å²) >= 11 is 1.69. The van der Waals surface area contributed by atoms with Gasteiger partial charge in [0.05, 0.1) is 6.54 Å². The van der Waals surface area contributed by atoms with Gasteiger partial charge in [-0.1, -0.05) is 12.8 Å². The summed E-state index contributed by atoms with van der Waals surface area (Å²) in [5.41, 5.74) is 1.26. The summed E-state index contributed by atoms with van der Waals surface area (Å²) in [4.78, 5) is 12.8. The summed E-state index contributed by atoms with van der Waals surface area (Å²) in [6.45, 7) is 2.71. The fourth-order valence-corrected chi connectivity index (χ4v) is 2.90. The van der Waals surface area contributed by atoms with Gasteiger partial charge in [0.1, 0.15) is 0 Å². The number of urea groups is 1. The van der Waals surface area contributed by atoms with Gasteiger partial charge in [-0.15, -0.1) is 11.3 Å². The Hall–Kier alpha value is -1.03. The van der Waals surface area contributed by atoms with Crippen molar-refractivity contribution in [3.63, 3.8) is 0 Å². The fraction of sp³-hybridized carbons (Fsp3) is 0.583. The number of nitrogens with one attached hydrogen (secondary N) is 2. The molecule has 1 aliphatic rings. The SMILES string of the molecule is Cc1ccsc1CNC(=O)NC1CCCC1. The Bertz CT molecular complexity index is 356. The molecule has 2 amide bonds. The highest BCUT2D eigenvalue weighted by Crippen LogP contribution is 2.17. The largest absolute Gasteiger partial charge is 0.335 e. The van der Waals surface area contributed by atoms with Gasteiger partial charge in [0, 0.05) is 10.9 Å². The normalized spacial score (nSPS) is 16.3. The molecule has 0 unspecified atom stereocenters. The van der Waals surface area contributed by atoms with Gasteiger partial charge in [0.15, 0.2) is 0 Å². The number of hydrogen-bond donors (Lipinski definition) is 2. The quantitative estimate of drug-likeness (QED) is 0.835. The smallest absolute Gasteiger partial charge is 0.315 e. The molecule has 1 aromatic rings. The number of rotatable bonds is 3. The second-order valence-corrected chi connectivity index (χ2v) is 5.34. The first-order valence-corrected chi connectivity index (χ1v) is 6.71. The second kappa shape index (κ2) is 5.34. The lowest BCUT2D eigenvalue weighted by molar-refractivity contribution is 0.237. The average molecular weight is 238 g/mol. The van der Waals surface area contributed by atoms with E-state index in [1.54, 1.807) is 11.3 Å². The lowest BCUT2D eigenvalue weighted by Crippen LogP contribution is -2.40. The van der Waals surface area contributed by atoms with Gasteiger partial charge in [-0.3, -0.25) is 0 Å². The zero-order valence-electron chi connectivity index (χ0n) is 9.58. The Morgan fingerprint density at radius 1 is 1.50 bits per heavy atom. The molecule has 0 aliphatic heterocycles. The van der Waals surface area contributed by atoms with E-state index < -0.39 is 0 Å². The molecular formula is C12H18N2OS. The van der Waals surface area contributed by atoms with Crippen molar-refractivity contribution in [3.8, 4) is 0 Å². The molecule has 1 saturated carbocycles. The molecule has 0 atom stereocenters. The third kappa shape index (κ3) is 2.98. The zero-order valence-corrected chi connectivity index (χ0v) is 10.4. The van der Waals surface area contributed by atoms with E-state index in [2.05, 4.69) is 29.0 Å². The van der Waals surface area contributed by atoms with Crippen LogP contribution in [0.1, 0.15) is 36.1 Å². The molecule has 1 fully saturated rings. The standard InChI is InChI=1S/C12H18N2OS/c1-9-6-7-16-11(9)8-13-12(15)14-10-4-2-3-5-10/h6-7,10H,2-5,8H2,1H3,(H2,13,14,15). The third-order valence-electron chi connectivity index (χ3n) is 3.07. The molecule has 0 radical (unpaired) electrons. The highest BCUT2D eigenvalue weighted by atomic mass is 32.1. The van der Waals surface area contributed by atoms with Crippen molar-refractivity contribution >= 4 is 17.4 Å². The van der Waals surface area contributed by atoms with Crippen molar-refractivity contribution in [1.29, 1.82) is 0 Å². The molecule has 0 saturated heterocycles. The maximum atomic E-state index is 11.6. The van der Waals surface area contributed by atoms with Crippen LogP contribution in [-0.4, -0.2) is 12.1 Å². The van der Waals surface area contributed by atoms with E-state index in [1.165, 1.54) is 23.3 Å². The van der Waals surface area contributed by atoms with Gasteiger partial charge in [-0.2, -0.15) is 0 Å². The van der Waals surface area contributed by atoms with E-state index in [-0.39, 0.29) is 6.03 Å². The number of amides is 2. The monoisotopic (exact) mass is 238 g/mol. The van der Waals surface area contributed by atoms with E-state index in [1.807, 2.05) is 0 Å². The predicted molar refractivity (Wildman–Crippen MR) is 66.7 cm³/mol. The van der Waals surface area contributed by atoms with E-state index in [4.69, 9.17) is 0 Å². The summed E-state index contributed by atoms with van der Waals surface area (Å²) in [6.07, 6.45) is 4.75. The van der Waals surface area contributed by atoms with Crippen LogP contribution >= 0.6 is 11.3 Å². The lowest BCUT2D eigenvalue weighted by atomic mass is 10.2. The van der Waals surface area contributed by atoms with Crippen LogP contribution in [0.2, 0.25) is 0 Å². The summed E-state index contributed by atoms with van der Waals surface area (Å²) in [5, 5.41) is 7.99. The van der Waals surface area contributed by atoms with E-state index in [0.717, 1.165) is 12.8 Å². The first-order chi connectivity index (χ1) is 7.75. The summed E-state index contributed by atoms with van der Waals surface area (Å²) in [6, 6.07) is 2.44. The van der Waals surface area contributed by atoms with Gasteiger partial charge in [0.2, 0.25) is 0 Å². The maximum absolute atomic E-state index is 11.6. The van der Waals surface area contributed by atoms with Crippen molar-refractivity contribution < 1.29 is 4.79 Å². The summed E-state index contributed by atoms with van der Waals surface area (Å²) in [7, 11) is 0. The van der Waals surface area contributed by atoms with Gasteiger partial charge in [0.25, 0.3) is 0 Å². The first kappa shape index (κ1) is 11.5. The van der Waals surface area contributed by atoms with Crippen molar-refractivity contribution in [2.75, 3.05) is 0 Å². The van der Waals surface area contributed by atoms with E-state index in [0.29, 0.717) is 12.6 Å². The summed E-state index contributed by atoms with van der Waals surface area (Å²) < 4.78 is 0. The van der Waals surface area contributed by atoms with Gasteiger partial charge in [-0.05, 0) is 36.8 Å². The molecule has 3 nitrogen and oxygen atoms in total.